The number of carbonyl (C=O) groups excluding carboxylic acids is 1. The Labute approximate surface area is 140 Å². The molecule has 0 bridgehead atoms. The van der Waals surface area contributed by atoms with Crippen LogP contribution < -0.4 is 0 Å². The molecule has 0 saturated carbocycles. The van der Waals surface area contributed by atoms with Crippen LogP contribution in [0.2, 0.25) is 0 Å². The standard InChI is InChI=1S/C18H21NO3S/c1-12-3-5-15(6-4-12)18-16(23-13(2)19-18)9-17(20)22-11-14-7-8-21-10-14/h3-6,14H,7-11H2,1-2H3/t14-/m0/s1. The van der Waals surface area contributed by atoms with Crippen LogP contribution in [0.15, 0.2) is 24.3 Å². The predicted octanol–water partition coefficient (Wildman–Crippen LogP) is 3.55. The van der Waals surface area contributed by atoms with Gasteiger partial charge in [0.1, 0.15) is 0 Å². The summed E-state index contributed by atoms with van der Waals surface area (Å²) in [6.07, 6.45) is 1.25. The number of ether oxygens (including phenoxy) is 2. The lowest BCUT2D eigenvalue weighted by Gasteiger charge is -2.09. The van der Waals surface area contributed by atoms with Gasteiger partial charge in [-0.1, -0.05) is 29.8 Å². The molecular formula is C18H21NO3S. The SMILES string of the molecule is Cc1ccc(-c2nc(C)sc2CC(=O)OC[C@H]2CCOC2)cc1. The van der Waals surface area contributed by atoms with Crippen molar-refractivity contribution in [3.05, 3.63) is 39.7 Å². The van der Waals surface area contributed by atoms with Crippen LogP contribution in [0.3, 0.4) is 0 Å². The minimum atomic E-state index is -0.186. The van der Waals surface area contributed by atoms with E-state index in [1.54, 1.807) is 11.3 Å². The number of nitrogens with zero attached hydrogens (tertiary/aromatic N) is 1. The third-order valence-electron chi connectivity index (χ3n) is 3.94. The van der Waals surface area contributed by atoms with Crippen molar-refractivity contribution in [3.63, 3.8) is 0 Å². The molecule has 1 saturated heterocycles. The summed E-state index contributed by atoms with van der Waals surface area (Å²) in [7, 11) is 0. The molecule has 1 aromatic carbocycles. The number of hydrogen-bond donors (Lipinski definition) is 0. The second-order valence-corrected chi connectivity index (χ2v) is 7.25. The molecule has 2 aromatic rings. The van der Waals surface area contributed by atoms with Crippen molar-refractivity contribution in [2.24, 2.45) is 5.92 Å². The van der Waals surface area contributed by atoms with Crippen LogP contribution in [-0.2, 0) is 20.7 Å². The van der Waals surface area contributed by atoms with Gasteiger partial charge in [0, 0.05) is 23.0 Å². The first-order valence-corrected chi connectivity index (χ1v) is 8.70. The quantitative estimate of drug-likeness (QED) is 0.786. The first-order valence-electron chi connectivity index (χ1n) is 7.88. The third kappa shape index (κ3) is 4.18. The fourth-order valence-electron chi connectivity index (χ4n) is 2.63. The lowest BCUT2D eigenvalue weighted by atomic mass is 10.1. The van der Waals surface area contributed by atoms with Crippen LogP contribution in [0.4, 0.5) is 0 Å². The van der Waals surface area contributed by atoms with Gasteiger partial charge in [-0.25, -0.2) is 4.98 Å². The predicted molar refractivity (Wildman–Crippen MR) is 90.6 cm³/mol. The maximum absolute atomic E-state index is 12.1. The van der Waals surface area contributed by atoms with Gasteiger partial charge in [-0.15, -0.1) is 11.3 Å². The maximum Gasteiger partial charge on any atom is 0.311 e. The van der Waals surface area contributed by atoms with E-state index < -0.39 is 0 Å². The van der Waals surface area contributed by atoms with E-state index in [1.165, 1.54) is 5.56 Å². The second-order valence-electron chi connectivity index (χ2n) is 5.96. The van der Waals surface area contributed by atoms with Crippen LogP contribution >= 0.6 is 11.3 Å². The fourth-order valence-corrected chi connectivity index (χ4v) is 3.58. The number of aromatic nitrogens is 1. The number of rotatable bonds is 5. The number of esters is 1. The van der Waals surface area contributed by atoms with Crippen molar-refractivity contribution in [2.75, 3.05) is 19.8 Å². The molecule has 1 aromatic heterocycles. The molecule has 5 heteroatoms. The Morgan fingerprint density at radius 2 is 2.13 bits per heavy atom. The van der Waals surface area contributed by atoms with Gasteiger partial charge in [-0.2, -0.15) is 0 Å². The summed E-state index contributed by atoms with van der Waals surface area (Å²) in [5.41, 5.74) is 3.15. The smallest absolute Gasteiger partial charge is 0.311 e. The highest BCUT2D eigenvalue weighted by Crippen LogP contribution is 2.29. The lowest BCUT2D eigenvalue weighted by molar-refractivity contribution is -0.144. The molecule has 2 heterocycles. The van der Waals surface area contributed by atoms with Gasteiger partial charge >= 0.3 is 5.97 Å². The van der Waals surface area contributed by atoms with E-state index in [9.17, 15) is 4.79 Å². The topological polar surface area (TPSA) is 48.4 Å². The molecule has 1 aliphatic heterocycles. The van der Waals surface area contributed by atoms with Gasteiger partial charge in [-0.3, -0.25) is 4.79 Å². The molecule has 0 N–H and O–H groups in total. The Morgan fingerprint density at radius 1 is 1.35 bits per heavy atom. The molecule has 0 aliphatic carbocycles. The normalized spacial score (nSPS) is 17.4. The third-order valence-corrected chi connectivity index (χ3v) is 4.91. The second kappa shape index (κ2) is 7.23. The van der Waals surface area contributed by atoms with Gasteiger partial charge in [0.05, 0.1) is 30.3 Å². The zero-order valence-corrected chi connectivity index (χ0v) is 14.3. The van der Waals surface area contributed by atoms with Gasteiger partial charge in [0.2, 0.25) is 0 Å². The van der Waals surface area contributed by atoms with E-state index in [0.717, 1.165) is 34.2 Å². The van der Waals surface area contributed by atoms with Crippen molar-refractivity contribution in [3.8, 4) is 11.3 Å². The minimum Gasteiger partial charge on any atom is -0.465 e. The lowest BCUT2D eigenvalue weighted by Crippen LogP contribution is -2.15. The molecule has 1 aliphatic rings. The first-order chi connectivity index (χ1) is 11.1. The van der Waals surface area contributed by atoms with Crippen LogP contribution in [0, 0.1) is 19.8 Å². The summed E-state index contributed by atoms with van der Waals surface area (Å²) in [4.78, 5) is 17.7. The van der Waals surface area contributed by atoms with Gasteiger partial charge in [-0.05, 0) is 20.3 Å². The number of carbonyl (C=O) groups is 1. The highest BCUT2D eigenvalue weighted by atomic mass is 32.1. The van der Waals surface area contributed by atoms with Gasteiger partial charge in [0.15, 0.2) is 0 Å². The van der Waals surface area contributed by atoms with Gasteiger partial charge in [0.25, 0.3) is 0 Å². The van der Waals surface area contributed by atoms with Crippen molar-refractivity contribution < 1.29 is 14.3 Å². The van der Waals surface area contributed by atoms with E-state index in [4.69, 9.17) is 9.47 Å². The molecule has 122 valence electrons. The molecule has 1 atom stereocenters. The molecular weight excluding hydrogens is 310 g/mol. The summed E-state index contributed by atoms with van der Waals surface area (Å²) in [6, 6.07) is 8.22. The Balaban J connectivity index is 1.67. The van der Waals surface area contributed by atoms with E-state index in [2.05, 4.69) is 36.2 Å². The number of hydrogen-bond acceptors (Lipinski definition) is 5. The summed E-state index contributed by atoms with van der Waals surface area (Å²) in [6.45, 7) is 5.94. The fraction of sp³-hybridized carbons (Fsp3) is 0.444. The van der Waals surface area contributed by atoms with E-state index in [1.807, 2.05) is 6.92 Å². The zero-order valence-electron chi connectivity index (χ0n) is 13.5. The molecule has 0 unspecified atom stereocenters. The van der Waals surface area contributed by atoms with E-state index in [0.29, 0.717) is 19.1 Å². The summed E-state index contributed by atoms with van der Waals surface area (Å²) >= 11 is 1.56. The highest BCUT2D eigenvalue weighted by Gasteiger charge is 2.19. The van der Waals surface area contributed by atoms with E-state index >= 15 is 0 Å². The molecule has 0 radical (unpaired) electrons. The largest absolute Gasteiger partial charge is 0.465 e. The maximum atomic E-state index is 12.1. The molecule has 0 amide bonds. The van der Waals surface area contributed by atoms with Gasteiger partial charge < -0.3 is 9.47 Å². The number of benzene rings is 1. The first kappa shape index (κ1) is 16.1. The highest BCUT2D eigenvalue weighted by molar-refractivity contribution is 7.12. The molecule has 0 spiro atoms. The average Bonchev–Trinajstić information content (AvgIpc) is 3.16. The Kier molecular flexibility index (Phi) is 5.08. The molecule has 23 heavy (non-hydrogen) atoms. The zero-order chi connectivity index (χ0) is 16.2. The van der Waals surface area contributed by atoms with Crippen molar-refractivity contribution in [2.45, 2.75) is 26.7 Å². The van der Waals surface area contributed by atoms with Crippen LogP contribution in [0.1, 0.15) is 21.9 Å². The summed E-state index contributed by atoms with van der Waals surface area (Å²) < 4.78 is 10.7. The molecule has 3 rings (SSSR count). The Hall–Kier alpha value is -1.72. The summed E-state index contributed by atoms with van der Waals surface area (Å²) in [5.74, 6) is 0.160. The Morgan fingerprint density at radius 3 is 2.83 bits per heavy atom. The van der Waals surface area contributed by atoms with Crippen molar-refractivity contribution >= 4 is 17.3 Å². The molecule has 4 nitrogen and oxygen atoms in total. The number of thiazole rings is 1. The van der Waals surface area contributed by atoms with Crippen molar-refractivity contribution in [1.82, 2.24) is 4.98 Å². The Bertz CT molecular complexity index is 672. The summed E-state index contributed by atoms with van der Waals surface area (Å²) in [5, 5.41) is 0.965. The molecule has 1 fully saturated rings. The number of aryl methyl sites for hydroxylation is 2. The van der Waals surface area contributed by atoms with E-state index in [-0.39, 0.29) is 12.4 Å². The van der Waals surface area contributed by atoms with Crippen LogP contribution in [-0.4, -0.2) is 30.8 Å². The average molecular weight is 331 g/mol. The monoisotopic (exact) mass is 331 g/mol. The van der Waals surface area contributed by atoms with Crippen LogP contribution in [0.5, 0.6) is 0 Å². The van der Waals surface area contributed by atoms with Crippen molar-refractivity contribution in [1.29, 1.82) is 0 Å². The minimum absolute atomic E-state index is 0.186. The van der Waals surface area contributed by atoms with Crippen LogP contribution in [0.25, 0.3) is 11.3 Å².